The van der Waals surface area contributed by atoms with Crippen LogP contribution in [0.3, 0.4) is 0 Å². The molecule has 1 aromatic heterocycles. The summed E-state index contributed by atoms with van der Waals surface area (Å²) in [6, 6.07) is 2.99. The lowest BCUT2D eigenvalue weighted by Gasteiger charge is -2.33. The molecule has 0 amide bonds. The van der Waals surface area contributed by atoms with Gasteiger partial charge in [0.2, 0.25) is 0 Å². The summed E-state index contributed by atoms with van der Waals surface area (Å²) in [5.41, 5.74) is 0.00535. The number of aromatic carboxylic acids is 1. The van der Waals surface area contributed by atoms with Gasteiger partial charge in [0.15, 0.2) is 5.69 Å². The first-order valence-electron chi connectivity index (χ1n) is 9.02. The van der Waals surface area contributed by atoms with Crippen molar-refractivity contribution in [2.75, 3.05) is 6.61 Å². The molecule has 2 N–H and O–H groups in total. The summed E-state index contributed by atoms with van der Waals surface area (Å²) in [4.78, 5) is 15.1. The molecule has 2 heterocycles. The first-order chi connectivity index (χ1) is 13.4. The number of carboxylic acids is 1. The van der Waals surface area contributed by atoms with Crippen LogP contribution in [-0.4, -0.2) is 40.0 Å². The van der Waals surface area contributed by atoms with E-state index in [0.717, 1.165) is 24.6 Å². The monoisotopic (exact) mass is 411 g/mol. The van der Waals surface area contributed by atoms with Crippen LogP contribution in [0.4, 0.5) is 8.78 Å². The number of fused-ring (bicyclic) bond motifs is 1. The first-order valence-corrected chi connectivity index (χ1v) is 9.90. The lowest BCUT2D eigenvalue weighted by Crippen LogP contribution is -2.33. The number of hydrogen-bond acceptors (Lipinski definition) is 6. The highest BCUT2D eigenvalue weighted by molar-refractivity contribution is 7.09. The Bertz CT molecular complexity index is 856. The molecule has 5 atom stereocenters. The average Bonchev–Trinajstić information content (AvgIpc) is 3.23. The molecule has 1 aliphatic heterocycles. The number of nitrogens with zero attached hydrogens (tertiary/aromatic N) is 1. The Labute approximate surface area is 163 Å². The minimum atomic E-state index is -1.07. The highest BCUT2D eigenvalue weighted by Gasteiger charge is 2.47. The molecule has 0 bridgehead atoms. The number of carboxylic acid groups (broad SMARTS) is 1. The van der Waals surface area contributed by atoms with E-state index in [-0.39, 0.29) is 42.1 Å². The average molecular weight is 411 g/mol. The number of halogens is 2. The maximum Gasteiger partial charge on any atom is 0.355 e. The molecule has 0 radical (unpaired) electrons. The van der Waals surface area contributed by atoms with Gasteiger partial charge in [-0.3, -0.25) is 0 Å². The zero-order valence-electron chi connectivity index (χ0n) is 14.8. The Morgan fingerprint density at radius 2 is 2.04 bits per heavy atom. The Hall–Kier alpha value is -2.10. The highest BCUT2D eigenvalue weighted by atomic mass is 32.1. The van der Waals surface area contributed by atoms with Gasteiger partial charge in [-0.1, -0.05) is 0 Å². The number of aliphatic hydroxyl groups is 1. The fraction of sp³-hybridized carbons (Fsp3) is 0.474. The van der Waals surface area contributed by atoms with Crippen molar-refractivity contribution in [3.05, 3.63) is 45.9 Å². The van der Waals surface area contributed by atoms with Crippen LogP contribution in [0, 0.1) is 23.5 Å². The van der Waals surface area contributed by atoms with Crippen LogP contribution in [0.5, 0.6) is 5.75 Å². The topological polar surface area (TPSA) is 88.9 Å². The third kappa shape index (κ3) is 3.87. The number of aromatic nitrogens is 1. The SMILES string of the molecule is O=C(O)c1csc([C@H]2CC[C@@H]3[C@@H](COc4cc(F)cc(F)c4)[C@H](O)C[C@@H]3O2)n1. The van der Waals surface area contributed by atoms with Gasteiger partial charge >= 0.3 is 5.97 Å². The molecule has 2 aliphatic rings. The number of benzene rings is 1. The van der Waals surface area contributed by atoms with E-state index in [9.17, 15) is 18.7 Å². The second-order valence-corrected chi connectivity index (χ2v) is 8.05. The van der Waals surface area contributed by atoms with Crippen molar-refractivity contribution in [1.29, 1.82) is 0 Å². The quantitative estimate of drug-likeness (QED) is 0.784. The van der Waals surface area contributed by atoms with Crippen molar-refractivity contribution in [3.8, 4) is 5.75 Å². The summed E-state index contributed by atoms with van der Waals surface area (Å²) >= 11 is 1.26. The lowest BCUT2D eigenvalue weighted by molar-refractivity contribution is -0.0812. The minimum absolute atomic E-state index is 0.00535. The Morgan fingerprint density at radius 3 is 2.71 bits per heavy atom. The Kier molecular flexibility index (Phi) is 5.31. The van der Waals surface area contributed by atoms with Crippen LogP contribution in [0.1, 0.15) is 40.9 Å². The number of rotatable bonds is 5. The molecule has 2 aromatic rings. The van der Waals surface area contributed by atoms with Crippen molar-refractivity contribution < 1.29 is 33.3 Å². The van der Waals surface area contributed by atoms with Gasteiger partial charge in [0.1, 0.15) is 28.5 Å². The van der Waals surface area contributed by atoms with Crippen LogP contribution in [0.25, 0.3) is 0 Å². The van der Waals surface area contributed by atoms with Crippen molar-refractivity contribution in [2.24, 2.45) is 11.8 Å². The van der Waals surface area contributed by atoms with E-state index in [1.807, 2.05) is 0 Å². The third-order valence-electron chi connectivity index (χ3n) is 5.39. The van der Waals surface area contributed by atoms with Gasteiger partial charge in [-0.2, -0.15) is 0 Å². The number of aliphatic hydroxyl groups excluding tert-OH is 1. The maximum absolute atomic E-state index is 13.3. The Balaban J connectivity index is 1.39. The molecule has 1 saturated carbocycles. The summed E-state index contributed by atoms with van der Waals surface area (Å²) in [5, 5.41) is 21.6. The maximum atomic E-state index is 13.3. The Morgan fingerprint density at radius 1 is 1.29 bits per heavy atom. The first kappa shape index (κ1) is 19.2. The molecule has 150 valence electrons. The van der Waals surface area contributed by atoms with Gasteiger partial charge < -0.3 is 19.7 Å². The van der Waals surface area contributed by atoms with Crippen molar-refractivity contribution in [3.63, 3.8) is 0 Å². The van der Waals surface area contributed by atoms with E-state index in [0.29, 0.717) is 17.8 Å². The molecule has 1 aromatic carbocycles. The van der Waals surface area contributed by atoms with E-state index < -0.39 is 23.7 Å². The van der Waals surface area contributed by atoms with Crippen LogP contribution < -0.4 is 4.74 Å². The molecule has 6 nitrogen and oxygen atoms in total. The molecule has 28 heavy (non-hydrogen) atoms. The van der Waals surface area contributed by atoms with Gasteiger partial charge in [-0.05, 0) is 18.8 Å². The van der Waals surface area contributed by atoms with Crippen molar-refractivity contribution in [1.82, 2.24) is 4.98 Å². The molecular weight excluding hydrogens is 392 g/mol. The van der Waals surface area contributed by atoms with Gasteiger partial charge in [0, 0.05) is 35.9 Å². The summed E-state index contributed by atoms with van der Waals surface area (Å²) in [5.74, 6) is -2.56. The van der Waals surface area contributed by atoms with Crippen LogP contribution >= 0.6 is 11.3 Å². The van der Waals surface area contributed by atoms with Crippen molar-refractivity contribution >= 4 is 17.3 Å². The van der Waals surface area contributed by atoms with Crippen LogP contribution in [-0.2, 0) is 4.74 Å². The molecule has 9 heteroatoms. The normalized spacial score (nSPS) is 29.5. The number of ether oxygens (including phenoxy) is 2. The van der Waals surface area contributed by atoms with Gasteiger partial charge in [0.05, 0.1) is 18.8 Å². The predicted molar refractivity (Wildman–Crippen MR) is 95.4 cm³/mol. The molecule has 1 saturated heterocycles. The van der Waals surface area contributed by atoms with E-state index in [4.69, 9.17) is 14.6 Å². The van der Waals surface area contributed by atoms with E-state index in [1.165, 1.54) is 16.7 Å². The van der Waals surface area contributed by atoms with Gasteiger partial charge in [-0.25, -0.2) is 18.6 Å². The number of carbonyl (C=O) groups is 1. The molecular formula is C19H19F2NO5S. The van der Waals surface area contributed by atoms with E-state index in [1.54, 1.807) is 0 Å². The van der Waals surface area contributed by atoms with Crippen LogP contribution in [0.2, 0.25) is 0 Å². The fourth-order valence-electron chi connectivity index (χ4n) is 4.08. The summed E-state index contributed by atoms with van der Waals surface area (Å²) in [7, 11) is 0. The van der Waals surface area contributed by atoms with E-state index in [2.05, 4.69) is 4.98 Å². The standard InChI is InChI=1S/C19H19F2NO5S/c20-9-3-10(21)5-11(4-9)26-7-13-12-1-2-16(27-17(12)6-15(13)23)18-22-14(8-28-18)19(24)25/h3-5,8,12-13,15-17,23H,1-2,6-7H2,(H,24,25)/t12-,13-,15-,16-,17+/m1/s1. The summed E-state index contributed by atoms with van der Waals surface area (Å²) < 4.78 is 38.2. The lowest BCUT2D eigenvalue weighted by atomic mass is 9.87. The molecule has 2 fully saturated rings. The predicted octanol–water partition coefficient (Wildman–Crippen LogP) is 3.42. The van der Waals surface area contributed by atoms with E-state index >= 15 is 0 Å². The summed E-state index contributed by atoms with van der Waals surface area (Å²) in [6.45, 7) is 0.139. The smallest absolute Gasteiger partial charge is 0.355 e. The van der Waals surface area contributed by atoms with Gasteiger partial charge in [0.25, 0.3) is 0 Å². The number of hydrogen-bond donors (Lipinski definition) is 2. The van der Waals surface area contributed by atoms with Crippen molar-refractivity contribution in [2.45, 2.75) is 37.6 Å². The largest absolute Gasteiger partial charge is 0.493 e. The van der Waals surface area contributed by atoms with Crippen LogP contribution in [0.15, 0.2) is 23.6 Å². The molecule has 0 unspecified atom stereocenters. The third-order valence-corrected chi connectivity index (χ3v) is 6.33. The molecule has 0 spiro atoms. The highest BCUT2D eigenvalue weighted by Crippen LogP contribution is 2.46. The molecule has 1 aliphatic carbocycles. The minimum Gasteiger partial charge on any atom is -0.493 e. The summed E-state index contributed by atoms with van der Waals surface area (Å²) in [6.07, 6.45) is 0.736. The fourth-order valence-corrected chi connectivity index (χ4v) is 4.94. The number of thiazole rings is 1. The zero-order chi connectivity index (χ0) is 19.8. The molecule has 4 rings (SSSR count). The second kappa shape index (κ2) is 7.73. The zero-order valence-corrected chi connectivity index (χ0v) is 15.6. The second-order valence-electron chi connectivity index (χ2n) is 7.16. The van der Waals surface area contributed by atoms with Gasteiger partial charge in [-0.15, -0.1) is 11.3 Å².